The van der Waals surface area contributed by atoms with Gasteiger partial charge >= 0.3 is 0 Å². The maximum Gasteiger partial charge on any atom is 0.253 e. The molecule has 0 spiro atoms. The highest BCUT2D eigenvalue weighted by Gasteiger charge is 2.23. The predicted molar refractivity (Wildman–Crippen MR) is 112 cm³/mol. The van der Waals surface area contributed by atoms with Crippen LogP contribution in [0.1, 0.15) is 28.4 Å². The minimum atomic E-state index is 0.0538. The lowest BCUT2D eigenvalue weighted by atomic mass is 10.1. The van der Waals surface area contributed by atoms with E-state index in [-0.39, 0.29) is 12.7 Å². The van der Waals surface area contributed by atoms with Crippen molar-refractivity contribution in [1.29, 1.82) is 0 Å². The molecule has 1 saturated heterocycles. The molecule has 4 rings (SSSR count). The van der Waals surface area contributed by atoms with Gasteiger partial charge in [0.2, 0.25) is 6.79 Å². The Hall–Kier alpha value is -2.77. The third-order valence-corrected chi connectivity index (χ3v) is 5.41. The molecule has 0 aromatic heterocycles. The number of hydrogen-bond acceptors (Lipinski definition) is 6. The van der Waals surface area contributed by atoms with Crippen molar-refractivity contribution in [3.05, 3.63) is 53.1 Å². The highest BCUT2D eigenvalue weighted by molar-refractivity contribution is 5.94. The molecule has 2 aliphatic rings. The Labute approximate surface area is 177 Å². The second kappa shape index (κ2) is 9.36. The minimum absolute atomic E-state index is 0.0538. The summed E-state index contributed by atoms with van der Waals surface area (Å²) in [5, 5.41) is 0. The van der Waals surface area contributed by atoms with Gasteiger partial charge in [-0.15, -0.1) is 0 Å². The molecule has 0 N–H and O–H groups in total. The van der Waals surface area contributed by atoms with E-state index in [1.54, 1.807) is 7.11 Å². The summed E-state index contributed by atoms with van der Waals surface area (Å²) in [6, 6.07) is 11.7. The maximum atomic E-state index is 13.0. The maximum absolute atomic E-state index is 13.0. The van der Waals surface area contributed by atoms with E-state index in [4.69, 9.17) is 18.9 Å². The smallest absolute Gasteiger partial charge is 0.253 e. The van der Waals surface area contributed by atoms with E-state index >= 15 is 0 Å². The van der Waals surface area contributed by atoms with E-state index in [9.17, 15) is 4.79 Å². The summed E-state index contributed by atoms with van der Waals surface area (Å²) in [4.78, 5) is 17.3. The SMILES string of the molecule is CCOc1ccc(C(=O)N2CCN(Cc3ccc4c(c3)OCO4)CC2)cc1COC. The predicted octanol–water partition coefficient (Wildman–Crippen LogP) is 2.92. The average Bonchev–Trinajstić information content (AvgIpc) is 3.23. The number of ether oxygens (including phenoxy) is 4. The molecule has 0 aliphatic carbocycles. The molecule has 0 radical (unpaired) electrons. The first-order valence-corrected chi connectivity index (χ1v) is 10.3. The first-order valence-electron chi connectivity index (χ1n) is 10.3. The molecule has 1 amide bonds. The van der Waals surface area contributed by atoms with Gasteiger partial charge in [-0.2, -0.15) is 0 Å². The molecular formula is C23H28N2O5. The fraction of sp³-hybridized carbons (Fsp3) is 0.435. The van der Waals surface area contributed by atoms with Gasteiger partial charge in [0.1, 0.15) is 5.75 Å². The van der Waals surface area contributed by atoms with Crippen LogP contribution in [0.5, 0.6) is 17.2 Å². The molecular weight excluding hydrogens is 384 g/mol. The van der Waals surface area contributed by atoms with Crippen molar-refractivity contribution in [3.8, 4) is 17.2 Å². The summed E-state index contributed by atoms with van der Waals surface area (Å²) in [6.07, 6.45) is 0. The highest BCUT2D eigenvalue weighted by atomic mass is 16.7. The van der Waals surface area contributed by atoms with Gasteiger partial charge in [-0.1, -0.05) is 6.07 Å². The number of fused-ring (bicyclic) bond motifs is 1. The molecule has 0 bridgehead atoms. The Bertz CT molecular complexity index is 893. The van der Waals surface area contributed by atoms with Crippen molar-refractivity contribution < 1.29 is 23.7 Å². The number of rotatable bonds is 7. The Morgan fingerprint density at radius 3 is 2.60 bits per heavy atom. The van der Waals surface area contributed by atoms with Gasteiger partial charge < -0.3 is 23.8 Å². The zero-order valence-electron chi connectivity index (χ0n) is 17.6. The van der Waals surface area contributed by atoms with Gasteiger partial charge in [0, 0.05) is 51.0 Å². The van der Waals surface area contributed by atoms with Crippen LogP contribution in [0.4, 0.5) is 0 Å². The Kier molecular flexibility index (Phi) is 6.40. The average molecular weight is 412 g/mol. The van der Waals surface area contributed by atoms with Crippen molar-refractivity contribution in [1.82, 2.24) is 9.80 Å². The monoisotopic (exact) mass is 412 g/mol. The quantitative estimate of drug-likeness (QED) is 0.697. The van der Waals surface area contributed by atoms with Crippen molar-refractivity contribution in [2.75, 3.05) is 46.7 Å². The molecule has 2 aromatic carbocycles. The molecule has 2 aromatic rings. The lowest BCUT2D eigenvalue weighted by molar-refractivity contribution is 0.0628. The summed E-state index contributed by atoms with van der Waals surface area (Å²) < 4.78 is 21.7. The number of hydrogen-bond donors (Lipinski definition) is 0. The first-order chi connectivity index (χ1) is 14.7. The van der Waals surface area contributed by atoms with Crippen LogP contribution in [0.25, 0.3) is 0 Å². The van der Waals surface area contributed by atoms with Gasteiger partial charge in [-0.05, 0) is 42.8 Å². The van der Waals surface area contributed by atoms with E-state index < -0.39 is 0 Å². The van der Waals surface area contributed by atoms with Gasteiger partial charge in [0.15, 0.2) is 11.5 Å². The number of methoxy groups -OCH3 is 1. The van der Waals surface area contributed by atoms with Crippen molar-refractivity contribution in [3.63, 3.8) is 0 Å². The van der Waals surface area contributed by atoms with Gasteiger partial charge in [-0.3, -0.25) is 9.69 Å². The molecule has 160 valence electrons. The van der Waals surface area contributed by atoms with E-state index in [1.807, 2.05) is 42.2 Å². The molecule has 2 aliphatic heterocycles. The standard InChI is InChI=1S/C23H28N2O5/c1-3-28-20-7-5-18(13-19(20)15-27-2)23(26)25-10-8-24(9-11-25)14-17-4-6-21-22(12-17)30-16-29-21/h4-7,12-13H,3,8-11,14-16H2,1-2H3. The lowest BCUT2D eigenvalue weighted by Gasteiger charge is -2.35. The minimum Gasteiger partial charge on any atom is -0.494 e. The van der Waals surface area contributed by atoms with Crippen LogP contribution in [-0.4, -0.2) is 62.4 Å². The van der Waals surface area contributed by atoms with Crippen LogP contribution in [0.3, 0.4) is 0 Å². The summed E-state index contributed by atoms with van der Waals surface area (Å²) in [5.74, 6) is 2.43. The second-order valence-corrected chi connectivity index (χ2v) is 7.44. The van der Waals surface area contributed by atoms with E-state index in [0.717, 1.165) is 42.4 Å². The van der Waals surface area contributed by atoms with Gasteiger partial charge in [0.05, 0.1) is 13.2 Å². The molecule has 7 nitrogen and oxygen atoms in total. The third-order valence-electron chi connectivity index (χ3n) is 5.41. The van der Waals surface area contributed by atoms with Crippen LogP contribution in [0, 0.1) is 0 Å². The molecule has 1 fully saturated rings. The van der Waals surface area contributed by atoms with Crippen molar-refractivity contribution in [2.45, 2.75) is 20.1 Å². The summed E-state index contributed by atoms with van der Waals surface area (Å²) >= 11 is 0. The number of piperazine rings is 1. The van der Waals surface area contributed by atoms with E-state index in [0.29, 0.717) is 31.9 Å². The largest absolute Gasteiger partial charge is 0.494 e. The number of carbonyl (C=O) groups is 1. The fourth-order valence-corrected chi connectivity index (χ4v) is 3.87. The molecule has 0 saturated carbocycles. The zero-order valence-corrected chi connectivity index (χ0v) is 17.6. The topological polar surface area (TPSA) is 60.5 Å². The number of amides is 1. The Morgan fingerprint density at radius 1 is 1.03 bits per heavy atom. The van der Waals surface area contributed by atoms with Crippen LogP contribution in [0.2, 0.25) is 0 Å². The number of carbonyl (C=O) groups excluding carboxylic acids is 1. The van der Waals surface area contributed by atoms with Crippen LogP contribution >= 0.6 is 0 Å². The number of nitrogens with zero attached hydrogens (tertiary/aromatic N) is 2. The van der Waals surface area contributed by atoms with Crippen LogP contribution < -0.4 is 14.2 Å². The van der Waals surface area contributed by atoms with E-state index in [2.05, 4.69) is 11.0 Å². The lowest BCUT2D eigenvalue weighted by Crippen LogP contribution is -2.48. The first kappa shape index (κ1) is 20.5. The molecule has 0 unspecified atom stereocenters. The molecule has 7 heteroatoms. The van der Waals surface area contributed by atoms with Gasteiger partial charge in [-0.25, -0.2) is 0 Å². The van der Waals surface area contributed by atoms with E-state index in [1.165, 1.54) is 5.56 Å². The summed E-state index contributed by atoms with van der Waals surface area (Å²) in [7, 11) is 1.64. The Morgan fingerprint density at radius 2 is 1.83 bits per heavy atom. The Balaban J connectivity index is 1.35. The van der Waals surface area contributed by atoms with Crippen LogP contribution in [0.15, 0.2) is 36.4 Å². The number of benzene rings is 2. The second-order valence-electron chi connectivity index (χ2n) is 7.44. The molecule has 2 heterocycles. The van der Waals surface area contributed by atoms with Gasteiger partial charge in [0.25, 0.3) is 5.91 Å². The third kappa shape index (κ3) is 4.52. The van der Waals surface area contributed by atoms with Crippen molar-refractivity contribution >= 4 is 5.91 Å². The van der Waals surface area contributed by atoms with Crippen LogP contribution in [-0.2, 0) is 17.9 Å². The van der Waals surface area contributed by atoms with Crippen molar-refractivity contribution in [2.24, 2.45) is 0 Å². The molecule has 0 atom stereocenters. The fourth-order valence-electron chi connectivity index (χ4n) is 3.87. The summed E-state index contributed by atoms with van der Waals surface area (Å²) in [6.45, 7) is 7.14. The highest BCUT2D eigenvalue weighted by Crippen LogP contribution is 2.33. The normalized spacial score (nSPS) is 16.0. The summed E-state index contributed by atoms with van der Waals surface area (Å²) in [5.41, 5.74) is 2.76. The molecule has 30 heavy (non-hydrogen) atoms. The zero-order chi connectivity index (χ0) is 20.9.